The number of carboxylic acid groups (broad SMARTS) is 5. The van der Waals surface area contributed by atoms with Gasteiger partial charge in [-0.3, -0.25) is 0 Å². The van der Waals surface area contributed by atoms with E-state index in [0.29, 0.717) is 0 Å². The van der Waals surface area contributed by atoms with Crippen molar-refractivity contribution in [2.75, 3.05) is 0 Å². The number of carbonyl (C=O) groups is 5. The van der Waals surface area contributed by atoms with Crippen molar-refractivity contribution in [3.8, 4) is 0 Å². The van der Waals surface area contributed by atoms with Gasteiger partial charge in [-0.2, -0.15) is 0 Å². The van der Waals surface area contributed by atoms with Crippen molar-refractivity contribution in [1.29, 1.82) is 0 Å². The summed E-state index contributed by atoms with van der Waals surface area (Å²) in [4.78, 5) is 51.1. The smallest absolute Gasteiger partial charge is 0.870 e. The van der Waals surface area contributed by atoms with Gasteiger partial charge in [-0.1, -0.05) is 484 Å². The summed E-state index contributed by atoms with van der Waals surface area (Å²) in [5.74, 6) is -4.52. The van der Waals surface area contributed by atoms with Crippen LogP contribution in [0.25, 0.3) is 0 Å². The normalized spacial score (nSPS) is 9.95. The van der Waals surface area contributed by atoms with E-state index < -0.39 is 29.8 Å². The van der Waals surface area contributed by atoms with E-state index in [1.54, 1.807) is 0 Å². The maximum absolute atomic E-state index is 10.2. The third-order valence-electron chi connectivity index (χ3n) is 19.9. The van der Waals surface area contributed by atoms with Gasteiger partial charge in [0.25, 0.3) is 0 Å². The number of unbranched alkanes of at least 4 members (excludes halogenated alkanes) is 70. The van der Waals surface area contributed by atoms with Crippen molar-refractivity contribution < 1.29 is 76.9 Å². The van der Waals surface area contributed by atoms with Gasteiger partial charge < -0.3 is 76.9 Å². The van der Waals surface area contributed by atoms with Crippen LogP contribution >= 0.6 is 0 Å². The molecule has 0 amide bonds. The first-order valence-electron chi connectivity index (χ1n) is 44.8. The Hall–Kier alpha value is -0.253. The second-order valence-corrected chi connectivity index (χ2v) is 30.4. The van der Waals surface area contributed by atoms with E-state index in [9.17, 15) is 49.5 Å². The Morgan fingerprint density at radius 1 is 0.138 bits per heavy atom. The molecule has 0 atom stereocenters. The van der Waals surface area contributed by atoms with Gasteiger partial charge in [-0.05, 0) is 64.2 Å². The van der Waals surface area contributed by atoms with Gasteiger partial charge in [0.2, 0.25) is 0 Å². The van der Waals surface area contributed by atoms with Crippen LogP contribution in [0.2, 0.25) is 0 Å². The summed E-state index contributed by atoms with van der Waals surface area (Å²) in [5, 5.41) is 51.1. The quantitative estimate of drug-likeness (QED) is 0.0403. The number of hydrogen-bond donors (Lipinski definition) is 0. The second-order valence-electron chi connectivity index (χ2n) is 30.4. The number of rotatable bonds is 80. The standard InChI is InChI=1S/5C18H36O2.2Al.2Mg.5H2O/c5*1-2-3-4-5-6-7-8-9-10-11-12-13-14-15-16-17-18(19)20;;;;;;;;;/h5*2-17H2,1H3,(H,19,20);;;;;5*1H2/q;;;;;2*+3;2*+2;;;;;/p-10. The van der Waals surface area contributed by atoms with Crippen LogP contribution in [0, 0.1) is 0 Å². The predicted octanol–water partition coefficient (Wildman–Crippen LogP) is 22.6. The molecule has 19 heteroatoms. The second kappa shape index (κ2) is 137. The van der Waals surface area contributed by atoms with Crippen LogP contribution in [0.4, 0.5) is 0 Å². The van der Waals surface area contributed by atoms with Crippen molar-refractivity contribution >= 4 is 111 Å². The summed E-state index contributed by atoms with van der Waals surface area (Å²) in [5.41, 5.74) is 0. The molecule has 0 aliphatic rings. The summed E-state index contributed by atoms with van der Waals surface area (Å²) in [6.45, 7) is 11.3. The largest absolute Gasteiger partial charge is 3.00 e. The molecule has 109 heavy (non-hydrogen) atoms. The molecule has 0 saturated heterocycles. The summed E-state index contributed by atoms with van der Waals surface area (Å²) in [6.07, 6.45) is 99.3. The van der Waals surface area contributed by atoms with Gasteiger partial charge in [-0.15, -0.1) is 0 Å². The van der Waals surface area contributed by atoms with Crippen LogP contribution in [-0.2, 0) is 24.0 Å². The molecule has 0 radical (unpaired) electrons. The van der Waals surface area contributed by atoms with E-state index >= 15 is 0 Å². The van der Waals surface area contributed by atoms with E-state index in [4.69, 9.17) is 0 Å². The first-order valence-corrected chi connectivity index (χ1v) is 44.8. The Morgan fingerprint density at radius 2 is 0.193 bits per heavy atom. The fraction of sp³-hybridized carbons (Fsp3) is 0.944. The molecule has 0 saturated carbocycles. The van der Waals surface area contributed by atoms with Crippen molar-refractivity contribution in [3.63, 3.8) is 0 Å². The monoisotopic (exact) mass is 1600 g/mol. The third-order valence-corrected chi connectivity index (χ3v) is 19.9. The molecule has 0 unspecified atom stereocenters. The molecule has 0 rings (SSSR count). The number of carboxylic acids is 5. The third kappa shape index (κ3) is 168. The van der Waals surface area contributed by atoms with Gasteiger partial charge >= 0.3 is 80.8 Å². The topological polar surface area (TPSA) is 351 Å². The predicted molar refractivity (Wildman–Crippen MR) is 455 cm³/mol. The Bertz CT molecular complexity index is 1310. The molecule has 0 aliphatic carbocycles. The van der Waals surface area contributed by atoms with Crippen LogP contribution in [-0.4, -0.2) is 138 Å². The fourth-order valence-corrected chi connectivity index (χ4v) is 13.2. The van der Waals surface area contributed by atoms with Crippen LogP contribution in [0.5, 0.6) is 0 Å². The number of aliphatic carboxylic acids is 5. The Labute approximate surface area is 730 Å². The minimum absolute atomic E-state index is 0. The van der Waals surface area contributed by atoms with E-state index in [1.807, 2.05) is 0 Å². The van der Waals surface area contributed by atoms with E-state index in [0.717, 1.165) is 64.2 Å². The Morgan fingerprint density at radius 3 is 0.248 bits per heavy atom. The number of hydrogen-bond acceptors (Lipinski definition) is 15. The zero-order chi connectivity index (χ0) is 74.5. The average Bonchev–Trinajstić information content (AvgIpc) is 1.95. The molecular formula is C90H180Al2Mg2O15. The molecule has 0 aromatic carbocycles. The first-order chi connectivity index (χ1) is 48.9. The zero-order valence-electron chi connectivity index (χ0n) is 73.0. The minimum atomic E-state index is -0.903. The van der Waals surface area contributed by atoms with Crippen molar-refractivity contribution in [2.45, 2.75) is 548 Å². The molecule has 0 aliphatic heterocycles. The van der Waals surface area contributed by atoms with Gasteiger partial charge in [0.05, 0.1) is 0 Å². The van der Waals surface area contributed by atoms with Gasteiger partial charge in [0, 0.05) is 29.8 Å². The van der Waals surface area contributed by atoms with Gasteiger partial charge in [0.1, 0.15) is 0 Å². The maximum atomic E-state index is 10.2. The first kappa shape index (κ1) is 141. The van der Waals surface area contributed by atoms with Gasteiger partial charge in [0.15, 0.2) is 0 Å². The average molecular weight is 1600 g/mol. The summed E-state index contributed by atoms with van der Waals surface area (Å²) >= 11 is 0. The molecule has 0 aromatic heterocycles. The maximum Gasteiger partial charge on any atom is 3.00 e. The van der Waals surface area contributed by atoms with Crippen molar-refractivity contribution in [3.05, 3.63) is 0 Å². The molecular weight excluding hydrogens is 1420 g/mol. The molecule has 0 aromatic rings. The van der Waals surface area contributed by atoms with E-state index in [1.165, 1.54) is 417 Å². The summed E-state index contributed by atoms with van der Waals surface area (Å²) in [7, 11) is 0. The molecule has 15 nitrogen and oxygen atoms in total. The molecule has 0 fully saturated rings. The van der Waals surface area contributed by atoms with Gasteiger partial charge in [-0.25, -0.2) is 0 Å². The van der Waals surface area contributed by atoms with Crippen LogP contribution in [0.1, 0.15) is 548 Å². The zero-order valence-corrected chi connectivity index (χ0v) is 78.1. The minimum Gasteiger partial charge on any atom is -0.870 e. The molecule has 0 spiro atoms. The van der Waals surface area contributed by atoms with E-state index in [2.05, 4.69) is 34.6 Å². The Balaban J connectivity index is -0.0000000845. The molecule has 5 N–H and O–H groups in total. The summed E-state index contributed by atoms with van der Waals surface area (Å²) in [6, 6.07) is 0. The van der Waals surface area contributed by atoms with E-state index in [-0.39, 0.29) is 140 Å². The molecule has 0 heterocycles. The molecule has 0 bridgehead atoms. The summed E-state index contributed by atoms with van der Waals surface area (Å²) < 4.78 is 0. The van der Waals surface area contributed by atoms with Crippen LogP contribution in [0.15, 0.2) is 0 Å². The fourth-order valence-electron chi connectivity index (χ4n) is 13.2. The number of carbonyl (C=O) groups excluding carboxylic acids is 5. The van der Waals surface area contributed by atoms with Crippen LogP contribution in [0.3, 0.4) is 0 Å². The van der Waals surface area contributed by atoms with Crippen LogP contribution < -0.4 is 25.5 Å². The Kier molecular flexibility index (Phi) is 176. The SMILES string of the molecule is CCCCCCCCCCCCCCCCCC(=O)[O-].CCCCCCCCCCCCCCCCCC(=O)[O-].CCCCCCCCCCCCCCCCCC(=O)[O-].CCCCCCCCCCCCCCCCCC(=O)[O-].CCCCCCCCCCCCCCCCCC(=O)[O-].[Al+3].[Al+3].[Mg+2].[Mg+2].[OH-].[OH-].[OH-].[OH-].[OH-]. The molecule has 640 valence electrons. The van der Waals surface area contributed by atoms with Crippen molar-refractivity contribution in [1.82, 2.24) is 0 Å². The van der Waals surface area contributed by atoms with Crippen molar-refractivity contribution in [2.24, 2.45) is 0 Å².